The van der Waals surface area contributed by atoms with Crippen molar-refractivity contribution < 1.29 is 24.2 Å². The number of methoxy groups -OCH3 is 1. The molecular weight excluding hydrogens is 336 g/mol. The van der Waals surface area contributed by atoms with E-state index in [0.29, 0.717) is 12.8 Å². The number of hydrogen-bond donors (Lipinski definition) is 2. The van der Waals surface area contributed by atoms with Crippen LogP contribution < -0.4 is 5.32 Å². The number of hydrogen-bond acceptors (Lipinski definition) is 5. The second-order valence-corrected chi connectivity index (χ2v) is 9.35. The number of nitrogens with zero attached hydrogens (tertiary/aromatic N) is 1. The van der Waals surface area contributed by atoms with Crippen LogP contribution in [0.4, 0.5) is 0 Å². The van der Waals surface area contributed by atoms with Crippen LogP contribution in [0.25, 0.3) is 0 Å². The fourth-order valence-electron chi connectivity index (χ4n) is 2.95. The Balaban J connectivity index is 2.93. The zero-order valence-electron chi connectivity index (χ0n) is 17.1. The quantitative estimate of drug-likeness (QED) is 0.715. The van der Waals surface area contributed by atoms with E-state index in [-0.39, 0.29) is 30.2 Å². The second-order valence-electron chi connectivity index (χ2n) is 9.35. The number of carbonyl (C=O) groups excluding carboxylic acids is 3. The van der Waals surface area contributed by atoms with Gasteiger partial charge in [-0.1, -0.05) is 41.5 Å². The first kappa shape index (κ1) is 22.4. The molecule has 2 N–H and O–H groups in total. The van der Waals surface area contributed by atoms with Crippen LogP contribution in [0.15, 0.2) is 0 Å². The van der Waals surface area contributed by atoms with Gasteiger partial charge >= 0.3 is 5.97 Å². The zero-order valence-corrected chi connectivity index (χ0v) is 17.1. The van der Waals surface area contributed by atoms with E-state index in [9.17, 15) is 19.5 Å². The van der Waals surface area contributed by atoms with E-state index in [0.717, 1.165) is 0 Å². The van der Waals surface area contributed by atoms with Crippen molar-refractivity contribution in [1.82, 2.24) is 10.2 Å². The van der Waals surface area contributed by atoms with Crippen LogP contribution in [0.5, 0.6) is 0 Å². The molecule has 150 valence electrons. The molecule has 1 heterocycles. The monoisotopic (exact) mass is 370 g/mol. The van der Waals surface area contributed by atoms with Crippen molar-refractivity contribution in [2.45, 2.75) is 79.0 Å². The second kappa shape index (κ2) is 8.37. The van der Waals surface area contributed by atoms with Crippen LogP contribution in [0.3, 0.4) is 0 Å². The van der Waals surface area contributed by atoms with Crippen LogP contribution in [-0.4, -0.2) is 59.6 Å². The molecule has 0 bridgehead atoms. The third-order valence-electron chi connectivity index (χ3n) is 4.56. The van der Waals surface area contributed by atoms with Crippen LogP contribution in [0.2, 0.25) is 0 Å². The number of β-amino-alcohol motifs (C(OH)–C–C–N with tert-alkyl or cyclic N) is 1. The predicted octanol–water partition coefficient (Wildman–Crippen LogP) is 1.48. The van der Waals surface area contributed by atoms with Crippen molar-refractivity contribution in [1.29, 1.82) is 0 Å². The van der Waals surface area contributed by atoms with Crippen LogP contribution in [-0.2, 0) is 19.1 Å². The lowest BCUT2D eigenvalue weighted by Crippen LogP contribution is -2.57. The first-order valence-corrected chi connectivity index (χ1v) is 9.12. The molecule has 7 heteroatoms. The van der Waals surface area contributed by atoms with Gasteiger partial charge in [0.25, 0.3) is 0 Å². The topological polar surface area (TPSA) is 95.9 Å². The Labute approximate surface area is 156 Å². The van der Waals surface area contributed by atoms with Gasteiger partial charge in [-0.3, -0.25) is 9.59 Å². The number of amides is 2. The third kappa shape index (κ3) is 6.27. The molecule has 26 heavy (non-hydrogen) atoms. The van der Waals surface area contributed by atoms with Gasteiger partial charge in [0.1, 0.15) is 12.1 Å². The molecule has 0 aromatic carbocycles. The van der Waals surface area contributed by atoms with E-state index in [1.54, 1.807) is 0 Å². The summed E-state index contributed by atoms with van der Waals surface area (Å²) < 4.78 is 4.75. The first-order valence-electron chi connectivity index (χ1n) is 9.12. The molecule has 0 spiro atoms. The van der Waals surface area contributed by atoms with Crippen molar-refractivity contribution in [3.05, 3.63) is 0 Å². The Morgan fingerprint density at radius 1 is 1.19 bits per heavy atom. The Morgan fingerprint density at radius 2 is 1.77 bits per heavy atom. The summed E-state index contributed by atoms with van der Waals surface area (Å²) in [5, 5.41) is 12.7. The summed E-state index contributed by atoms with van der Waals surface area (Å²) in [6.45, 7) is 11.8. The summed E-state index contributed by atoms with van der Waals surface area (Å²) in [4.78, 5) is 38.8. The average molecular weight is 370 g/mol. The molecule has 0 aliphatic carbocycles. The normalized spacial score (nSPS) is 22.1. The minimum atomic E-state index is -0.821. The number of rotatable bonds is 5. The van der Waals surface area contributed by atoms with Gasteiger partial charge in [-0.25, -0.2) is 4.79 Å². The molecule has 1 saturated heterocycles. The lowest BCUT2D eigenvalue weighted by atomic mass is 9.85. The maximum atomic E-state index is 13.1. The number of nitrogens with one attached hydrogen (secondary N) is 1. The predicted molar refractivity (Wildman–Crippen MR) is 98.2 cm³/mol. The number of esters is 1. The molecule has 1 fully saturated rings. The minimum absolute atomic E-state index is 0.0214. The highest BCUT2D eigenvalue weighted by Crippen LogP contribution is 2.27. The first-order chi connectivity index (χ1) is 11.8. The molecule has 1 aliphatic heterocycles. The van der Waals surface area contributed by atoms with Crippen LogP contribution in [0.1, 0.15) is 60.8 Å². The molecular formula is C19H34N2O5. The van der Waals surface area contributed by atoms with E-state index in [1.807, 2.05) is 20.8 Å². The fourth-order valence-corrected chi connectivity index (χ4v) is 2.95. The van der Waals surface area contributed by atoms with E-state index >= 15 is 0 Å². The van der Waals surface area contributed by atoms with Crippen LogP contribution >= 0.6 is 0 Å². The number of aliphatic hydroxyl groups is 1. The smallest absolute Gasteiger partial charge is 0.328 e. The molecule has 1 aliphatic rings. The summed E-state index contributed by atoms with van der Waals surface area (Å²) in [6.07, 6.45) is 0.400. The van der Waals surface area contributed by atoms with Gasteiger partial charge in [0.15, 0.2) is 0 Å². The van der Waals surface area contributed by atoms with Crippen LogP contribution in [0, 0.1) is 10.8 Å². The van der Waals surface area contributed by atoms with Gasteiger partial charge in [-0.15, -0.1) is 0 Å². The summed E-state index contributed by atoms with van der Waals surface area (Å²) in [7, 11) is 1.26. The number of likely N-dealkylation sites (tertiary alicyclic amines) is 1. The standard InChI is InChI=1S/C19H34N2O5/c1-18(2,3)9-8-14(23)20-15(19(4,5)6)16(24)21-11-12(22)10-13(21)17(25)26-7/h12-13,15,22H,8-11H2,1-7H3,(H,20,23)/t12-,13+,15-/m1/s1. The number of carbonyl (C=O) groups is 3. The summed E-state index contributed by atoms with van der Waals surface area (Å²) in [5.74, 6) is -1.11. The Hall–Kier alpha value is -1.63. The Morgan fingerprint density at radius 3 is 2.23 bits per heavy atom. The third-order valence-corrected chi connectivity index (χ3v) is 4.56. The van der Waals surface area contributed by atoms with Gasteiger partial charge in [-0.2, -0.15) is 0 Å². The van der Waals surface area contributed by atoms with Crippen molar-refractivity contribution >= 4 is 17.8 Å². The van der Waals surface area contributed by atoms with Gasteiger partial charge in [0, 0.05) is 19.4 Å². The molecule has 0 radical (unpaired) electrons. The van der Waals surface area contributed by atoms with Gasteiger partial charge < -0.3 is 20.1 Å². The molecule has 0 aromatic heterocycles. The largest absolute Gasteiger partial charge is 0.467 e. The fraction of sp³-hybridized carbons (Fsp3) is 0.842. The molecule has 0 aromatic rings. The molecule has 3 atom stereocenters. The van der Waals surface area contributed by atoms with Crippen molar-refractivity contribution in [2.24, 2.45) is 10.8 Å². The molecule has 0 saturated carbocycles. The molecule has 7 nitrogen and oxygen atoms in total. The number of aliphatic hydroxyl groups excluding tert-OH is 1. The van der Waals surface area contributed by atoms with Gasteiger partial charge in [0.2, 0.25) is 11.8 Å². The summed E-state index contributed by atoms with van der Waals surface area (Å²) >= 11 is 0. The summed E-state index contributed by atoms with van der Waals surface area (Å²) in [5.41, 5.74) is -0.518. The van der Waals surface area contributed by atoms with E-state index in [2.05, 4.69) is 26.1 Å². The number of ether oxygens (including phenoxy) is 1. The highest BCUT2D eigenvalue weighted by molar-refractivity contribution is 5.91. The highest BCUT2D eigenvalue weighted by atomic mass is 16.5. The molecule has 2 amide bonds. The lowest BCUT2D eigenvalue weighted by Gasteiger charge is -2.35. The molecule has 1 rings (SSSR count). The maximum absolute atomic E-state index is 13.1. The highest BCUT2D eigenvalue weighted by Gasteiger charge is 2.44. The van der Waals surface area contributed by atoms with E-state index in [4.69, 9.17) is 4.74 Å². The van der Waals surface area contributed by atoms with E-state index < -0.39 is 29.6 Å². The minimum Gasteiger partial charge on any atom is -0.467 e. The SMILES string of the molecule is COC(=O)[C@@H]1C[C@@H](O)CN1C(=O)[C@@H](NC(=O)CCC(C)(C)C)C(C)(C)C. The van der Waals surface area contributed by atoms with Crippen molar-refractivity contribution in [2.75, 3.05) is 13.7 Å². The average Bonchev–Trinajstić information content (AvgIpc) is 2.89. The van der Waals surface area contributed by atoms with Gasteiger partial charge in [-0.05, 0) is 17.3 Å². The Bertz CT molecular complexity index is 533. The lowest BCUT2D eigenvalue weighted by molar-refractivity contribution is -0.153. The van der Waals surface area contributed by atoms with Gasteiger partial charge in [0.05, 0.1) is 13.2 Å². The molecule has 0 unspecified atom stereocenters. The maximum Gasteiger partial charge on any atom is 0.328 e. The summed E-state index contributed by atoms with van der Waals surface area (Å²) in [6, 6.07) is -1.61. The van der Waals surface area contributed by atoms with Crippen molar-refractivity contribution in [3.63, 3.8) is 0 Å². The Kier molecular flexibility index (Phi) is 7.22. The zero-order chi connectivity index (χ0) is 20.3. The van der Waals surface area contributed by atoms with Crippen molar-refractivity contribution in [3.8, 4) is 0 Å². The van der Waals surface area contributed by atoms with E-state index in [1.165, 1.54) is 12.0 Å².